The molecule has 14 heavy (non-hydrogen) atoms. The van der Waals surface area contributed by atoms with Crippen LogP contribution in [-0.2, 0) is 0 Å². The van der Waals surface area contributed by atoms with Crippen molar-refractivity contribution < 1.29 is 0 Å². The molecule has 0 saturated carbocycles. The fourth-order valence-electron chi connectivity index (χ4n) is 1.30. The van der Waals surface area contributed by atoms with Crippen LogP contribution in [0.2, 0.25) is 25.7 Å². The summed E-state index contributed by atoms with van der Waals surface area (Å²) in [5, 5.41) is 0. The van der Waals surface area contributed by atoms with Gasteiger partial charge in [0.2, 0.25) is 0 Å². The summed E-state index contributed by atoms with van der Waals surface area (Å²) in [5.74, 6) is 2.57. The minimum Gasteiger partial charge on any atom is -0.295 e. The van der Waals surface area contributed by atoms with E-state index in [1.807, 2.05) is 0 Å². The highest BCUT2D eigenvalue weighted by molar-refractivity contribution is 7.99. The van der Waals surface area contributed by atoms with Crippen LogP contribution in [0.5, 0.6) is 0 Å². The second-order valence-electron chi connectivity index (χ2n) is 5.00. The summed E-state index contributed by atoms with van der Waals surface area (Å²) in [4.78, 5) is 2.49. The van der Waals surface area contributed by atoms with E-state index >= 15 is 0 Å². The van der Waals surface area contributed by atoms with Crippen molar-refractivity contribution in [1.82, 2.24) is 4.90 Å². The predicted octanol–water partition coefficient (Wildman–Crippen LogP) is 3.75. The maximum atomic E-state index is 2.49. The third-order valence-electron chi connectivity index (χ3n) is 2.38. The van der Waals surface area contributed by atoms with Gasteiger partial charge in [-0.15, -0.1) is 11.8 Å². The first-order chi connectivity index (χ1) is 6.49. The first-order valence-electron chi connectivity index (χ1n) is 5.79. The van der Waals surface area contributed by atoms with E-state index in [2.05, 4.69) is 50.2 Å². The zero-order valence-corrected chi connectivity index (χ0v) is 12.4. The molecule has 0 aliphatic rings. The van der Waals surface area contributed by atoms with E-state index in [4.69, 9.17) is 0 Å². The average Bonchev–Trinajstić information content (AvgIpc) is 2.09. The normalized spacial score (nSPS) is 12.4. The molecule has 0 unspecified atom stereocenters. The van der Waals surface area contributed by atoms with E-state index < -0.39 is 8.07 Å². The molecular formula is C11H27NSSi. The number of rotatable bonds is 8. The third-order valence-corrected chi connectivity index (χ3v) is 5.36. The van der Waals surface area contributed by atoms with Gasteiger partial charge in [-0.25, -0.2) is 0 Å². The van der Waals surface area contributed by atoms with E-state index in [9.17, 15) is 0 Å². The maximum Gasteiger partial charge on any atom is 0.0444 e. The Balaban J connectivity index is 3.29. The lowest BCUT2D eigenvalue weighted by molar-refractivity contribution is 0.358. The molecule has 0 aromatic carbocycles. The second-order valence-corrected chi connectivity index (χ2v) is 11.7. The summed E-state index contributed by atoms with van der Waals surface area (Å²) < 4.78 is 0. The fourth-order valence-corrected chi connectivity index (χ4v) is 3.90. The molecule has 86 valence electrons. The van der Waals surface area contributed by atoms with E-state index in [1.54, 1.807) is 0 Å². The topological polar surface area (TPSA) is 3.24 Å². The van der Waals surface area contributed by atoms with E-state index in [1.165, 1.54) is 37.2 Å². The van der Waals surface area contributed by atoms with Gasteiger partial charge in [0.15, 0.2) is 0 Å². The first kappa shape index (κ1) is 14.5. The molecule has 0 fully saturated rings. The molecule has 0 amide bonds. The number of hydrogen-bond acceptors (Lipinski definition) is 2. The Labute approximate surface area is 95.7 Å². The van der Waals surface area contributed by atoms with E-state index in [-0.39, 0.29) is 0 Å². The Morgan fingerprint density at radius 1 is 1.07 bits per heavy atom. The summed E-state index contributed by atoms with van der Waals surface area (Å²) in [7, 11) is -0.778. The van der Waals surface area contributed by atoms with E-state index in [0.717, 1.165) is 0 Å². The van der Waals surface area contributed by atoms with Gasteiger partial charge in [-0.2, -0.15) is 0 Å². The van der Waals surface area contributed by atoms with Gasteiger partial charge in [-0.1, -0.05) is 39.5 Å². The quantitative estimate of drug-likeness (QED) is 0.357. The molecule has 0 rings (SSSR count). The molecule has 0 atom stereocenters. The molecule has 0 aliphatic carbocycles. The predicted molar refractivity (Wildman–Crippen MR) is 73.0 cm³/mol. The molecule has 0 spiro atoms. The summed E-state index contributed by atoms with van der Waals surface area (Å²) >= 11 is 2.10. The Morgan fingerprint density at radius 2 is 1.64 bits per heavy atom. The van der Waals surface area contributed by atoms with Crippen molar-refractivity contribution in [3.05, 3.63) is 0 Å². The third kappa shape index (κ3) is 9.10. The highest BCUT2D eigenvalue weighted by Crippen LogP contribution is 2.14. The van der Waals surface area contributed by atoms with Gasteiger partial charge in [0.05, 0.1) is 0 Å². The fraction of sp³-hybridized carbons (Fsp3) is 1.00. The highest BCUT2D eigenvalue weighted by atomic mass is 32.2. The Hall–Kier alpha value is 0.527. The lowest BCUT2D eigenvalue weighted by atomic mass is 10.6. The van der Waals surface area contributed by atoms with Crippen LogP contribution in [0.15, 0.2) is 0 Å². The highest BCUT2D eigenvalue weighted by Gasteiger charge is 2.11. The van der Waals surface area contributed by atoms with Crippen molar-refractivity contribution in [3.8, 4) is 0 Å². The standard InChI is InChI=1S/C11H27NSSi/c1-6-12(7-2)11-13-9-8-10-14(3,4)5/h6-11H2,1-5H3. The molecule has 0 aromatic rings. The van der Waals surface area contributed by atoms with Crippen molar-refractivity contribution in [3.63, 3.8) is 0 Å². The van der Waals surface area contributed by atoms with Crippen LogP contribution in [0.1, 0.15) is 20.3 Å². The molecule has 0 aliphatic heterocycles. The molecule has 1 nitrogen and oxygen atoms in total. The Morgan fingerprint density at radius 3 is 2.07 bits per heavy atom. The number of hydrogen-bond donors (Lipinski definition) is 0. The van der Waals surface area contributed by atoms with E-state index in [0.29, 0.717) is 0 Å². The van der Waals surface area contributed by atoms with Crippen LogP contribution in [0.4, 0.5) is 0 Å². The Kier molecular flexibility index (Phi) is 8.06. The van der Waals surface area contributed by atoms with Crippen LogP contribution >= 0.6 is 11.8 Å². The SMILES string of the molecule is CCN(CC)CSCCC[Si](C)(C)C. The smallest absolute Gasteiger partial charge is 0.0444 e. The lowest BCUT2D eigenvalue weighted by Gasteiger charge is -2.18. The van der Waals surface area contributed by atoms with Gasteiger partial charge in [0, 0.05) is 14.0 Å². The van der Waals surface area contributed by atoms with Gasteiger partial charge in [-0.3, -0.25) is 4.90 Å². The van der Waals surface area contributed by atoms with Crippen molar-refractivity contribution in [2.75, 3.05) is 24.7 Å². The second kappa shape index (κ2) is 7.77. The van der Waals surface area contributed by atoms with Crippen molar-refractivity contribution >= 4 is 19.8 Å². The van der Waals surface area contributed by atoms with Crippen LogP contribution in [0.3, 0.4) is 0 Å². The van der Waals surface area contributed by atoms with Crippen molar-refractivity contribution in [1.29, 1.82) is 0 Å². The van der Waals surface area contributed by atoms with Gasteiger partial charge >= 0.3 is 0 Å². The summed E-state index contributed by atoms with van der Waals surface area (Å²) in [6.45, 7) is 14.2. The molecule has 0 aromatic heterocycles. The monoisotopic (exact) mass is 233 g/mol. The number of nitrogens with zero attached hydrogens (tertiary/aromatic N) is 1. The van der Waals surface area contributed by atoms with Crippen molar-refractivity contribution in [2.24, 2.45) is 0 Å². The lowest BCUT2D eigenvalue weighted by Crippen LogP contribution is -2.22. The molecule has 0 bridgehead atoms. The van der Waals surface area contributed by atoms with Gasteiger partial charge < -0.3 is 0 Å². The van der Waals surface area contributed by atoms with Crippen LogP contribution in [-0.4, -0.2) is 37.7 Å². The van der Waals surface area contributed by atoms with Crippen LogP contribution in [0, 0.1) is 0 Å². The Bertz CT molecular complexity index is 130. The van der Waals surface area contributed by atoms with Gasteiger partial charge in [0.1, 0.15) is 0 Å². The number of thioether (sulfide) groups is 1. The molecular weight excluding hydrogens is 206 g/mol. The van der Waals surface area contributed by atoms with Crippen molar-refractivity contribution in [2.45, 2.75) is 46.0 Å². The minimum absolute atomic E-state index is 0.778. The zero-order chi connectivity index (χ0) is 11.0. The largest absolute Gasteiger partial charge is 0.295 e. The minimum atomic E-state index is -0.778. The van der Waals surface area contributed by atoms with Crippen LogP contribution < -0.4 is 0 Å². The molecule has 0 saturated heterocycles. The average molecular weight is 233 g/mol. The molecule has 3 heteroatoms. The van der Waals surface area contributed by atoms with Gasteiger partial charge in [0.25, 0.3) is 0 Å². The first-order valence-corrected chi connectivity index (χ1v) is 10.7. The summed E-state index contributed by atoms with van der Waals surface area (Å²) in [6.07, 6.45) is 1.42. The maximum absolute atomic E-state index is 2.49. The molecule has 0 N–H and O–H groups in total. The van der Waals surface area contributed by atoms with Gasteiger partial charge in [-0.05, 0) is 25.3 Å². The summed E-state index contributed by atoms with van der Waals surface area (Å²) in [6, 6.07) is 1.48. The summed E-state index contributed by atoms with van der Waals surface area (Å²) in [5.41, 5.74) is 0. The molecule has 0 heterocycles. The molecule has 0 radical (unpaired) electrons. The zero-order valence-electron chi connectivity index (χ0n) is 10.6. The van der Waals surface area contributed by atoms with Crippen LogP contribution in [0.25, 0.3) is 0 Å².